The van der Waals surface area contributed by atoms with Crippen LogP contribution in [0, 0.1) is 11.8 Å². The number of hydrogen-bond donors (Lipinski definition) is 3. The Morgan fingerprint density at radius 2 is 1.29 bits per heavy atom. The monoisotopic (exact) mass is 290 g/mol. The molecule has 0 radical (unpaired) electrons. The van der Waals surface area contributed by atoms with Crippen molar-refractivity contribution in [1.82, 2.24) is 4.90 Å². The fourth-order valence-electron chi connectivity index (χ4n) is 1.11. The molecule has 7 heteroatoms. The Bertz CT molecular complexity index is 212. The molecule has 0 aromatic carbocycles. The van der Waals surface area contributed by atoms with Crippen molar-refractivity contribution >= 4 is 64.3 Å². The van der Waals surface area contributed by atoms with Crippen LogP contribution in [0.2, 0.25) is 0 Å². The van der Waals surface area contributed by atoms with Gasteiger partial charge >= 0.3 is 29.6 Å². The van der Waals surface area contributed by atoms with Gasteiger partial charge in [0.15, 0.2) is 0 Å². The quantitative estimate of drug-likeness (QED) is 0.539. The van der Waals surface area contributed by atoms with Crippen LogP contribution in [0.1, 0.15) is 27.7 Å². The number of hydrogen-bond acceptors (Lipinski definition) is 2. The van der Waals surface area contributed by atoms with E-state index in [4.69, 9.17) is 22.4 Å². The predicted molar refractivity (Wildman–Crippen MR) is 83.0 cm³/mol. The summed E-state index contributed by atoms with van der Waals surface area (Å²) in [5, 5.41) is 16.3. The fraction of sp³-hybridized carbons (Fsp3) is 0.800. The van der Waals surface area contributed by atoms with Gasteiger partial charge in [-0.3, -0.25) is 0 Å². The number of nitrogens with zero attached hydrogens (tertiary/aromatic N) is 1. The molecule has 0 fully saturated rings. The second-order valence-corrected chi connectivity index (χ2v) is 5.10. The molecule has 17 heavy (non-hydrogen) atoms. The SMILES string of the molecule is CC(C)CN(CC(C)C)C(O)=S.NC(O)=S.[NaH]. The molecule has 0 aromatic rings. The van der Waals surface area contributed by atoms with Crippen LogP contribution >= 0.6 is 24.4 Å². The third-order valence-corrected chi connectivity index (χ3v) is 1.70. The van der Waals surface area contributed by atoms with Crippen LogP contribution < -0.4 is 5.73 Å². The first-order valence-corrected chi connectivity index (χ1v) is 5.94. The standard InChI is InChI=1S/C9H19NOS.CH3NOS.Na.H/c1-7(2)5-10(9(11)12)6-8(3)4;2-1(3)4;;/h7-8H,5-6H2,1-4H3,(H,11,12);(H3,2,3,4);;. The number of rotatable bonds is 4. The zero-order valence-corrected chi connectivity index (χ0v) is 11.9. The Kier molecular flexibility index (Phi) is 17.0. The molecule has 0 amide bonds. The summed E-state index contributed by atoms with van der Waals surface area (Å²) >= 11 is 8.61. The molecule has 0 saturated heterocycles. The topological polar surface area (TPSA) is 69.7 Å². The fourth-order valence-corrected chi connectivity index (χ4v) is 1.26. The van der Waals surface area contributed by atoms with E-state index in [1.807, 2.05) is 4.90 Å². The molecule has 0 aliphatic rings. The predicted octanol–water partition coefficient (Wildman–Crippen LogP) is 1.58. The second kappa shape index (κ2) is 12.8. The molecule has 0 atom stereocenters. The molecule has 0 rings (SSSR count). The molecule has 0 heterocycles. The van der Waals surface area contributed by atoms with E-state index >= 15 is 0 Å². The Morgan fingerprint density at radius 1 is 1.06 bits per heavy atom. The number of aliphatic hydroxyl groups excluding tert-OH is 2. The van der Waals surface area contributed by atoms with Gasteiger partial charge in [-0.2, -0.15) is 0 Å². The van der Waals surface area contributed by atoms with Gasteiger partial charge in [0.05, 0.1) is 0 Å². The van der Waals surface area contributed by atoms with Gasteiger partial charge < -0.3 is 20.8 Å². The molecule has 0 spiro atoms. The third-order valence-electron chi connectivity index (χ3n) is 1.44. The molecule has 98 valence electrons. The van der Waals surface area contributed by atoms with Gasteiger partial charge in [0.2, 0.25) is 0 Å². The van der Waals surface area contributed by atoms with Gasteiger partial charge in [0, 0.05) is 13.1 Å². The summed E-state index contributed by atoms with van der Waals surface area (Å²) in [7, 11) is 0. The van der Waals surface area contributed by atoms with Crippen LogP contribution in [0.15, 0.2) is 0 Å². The molecule has 0 aromatic heterocycles. The van der Waals surface area contributed by atoms with Crippen LogP contribution in [-0.2, 0) is 0 Å². The summed E-state index contributed by atoms with van der Waals surface area (Å²) in [6, 6.07) is 0. The van der Waals surface area contributed by atoms with Crippen LogP contribution in [0.5, 0.6) is 0 Å². The van der Waals surface area contributed by atoms with E-state index in [0.717, 1.165) is 13.1 Å². The van der Waals surface area contributed by atoms with Crippen molar-refractivity contribution in [2.75, 3.05) is 13.1 Å². The van der Waals surface area contributed by atoms with Crippen molar-refractivity contribution < 1.29 is 10.2 Å². The summed E-state index contributed by atoms with van der Waals surface area (Å²) < 4.78 is 0. The van der Waals surface area contributed by atoms with E-state index in [1.54, 1.807) is 0 Å². The Hall–Kier alpha value is 0.380. The molecule has 4 N–H and O–H groups in total. The van der Waals surface area contributed by atoms with Crippen molar-refractivity contribution in [1.29, 1.82) is 0 Å². The normalized spacial score (nSPS) is 9.06. The van der Waals surface area contributed by atoms with Crippen molar-refractivity contribution in [2.24, 2.45) is 17.6 Å². The van der Waals surface area contributed by atoms with Crippen LogP contribution in [0.3, 0.4) is 0 Å². The van der Waals surface area contributed by atoms with Crippen molar-refractivity contribution in [3.8, 4) is 0 Å². The molecule has 0 aliphatic carbocycles. The molecule has 4 nitrogen and oxygen atoms in total. The van der Waals surface area contributed by atoms with E-state index in [2.05, 4.69) is 45.6 Å². The van der Waals surface area contributed by atoms with Gasteiger partial charge in [-0.1, -0.05) is 27.7 Å². The molecular weight excluding hydrogens is 267 g/mol. The van der Waals surface area contributed by atoms with Gasteiger partial charge in [0.25, 0.3) is 10.3 Å². The van der Waals surface area contributed by atoms with Gasteiger partial charge in [-0.05, 0) is 36.3 Å². The maximum absolute atomic E-state index is 9.17. The van der Waals surface area contributed by atoms with Crippen LogP contribution in [0.4, 0.5) is 0 Å². The minimum absolute atomic E-state index is 0. The van der Waals surface area contributed by atoms with Gasteiger partial charge in [-0.15, -0.1) is 0 Å². The average Bonchev–Trinajstić information content (AvgIpc) is 1.99. The summed E-state index contributed by atoms with van der Waals surface area (Å²) in [5.74, 6) is 1.07. The summed E-state index contributed by atoms with van der Waals surface area (Å²) in [6.45, 7) is 10.1. The summed E-state index contributed by atoms with van der Waals surface area (Å²) in [5.41, 5.74) is 4.40. The average molecular weight is 290 g/mol. The summed E-state index contributed by atoms with van der Waals surface area (Å²) in [6.07, 6.45) is 0. The van der Waals surface area contributed by atoms with Crippen LogP contribution in [0.25, 0.3) is 0 Å². The van der Waals surface area contributed by atoms with E-state index < -0.39 is 5.17 Å². The number of thiocarbonyl (C=S) groups is 2. The van der Waals surface area contributed by atoms with Crippen molar-refractivity contribution in [3.05, 3.63) is 0 Å². The molecule has 0 saturated carbocycles. The molecule has 0 unspecified atom stereocenters. The molecular formula is C10H23N2NaO2S2. The Balaban J connectivity index is -0.000000340. The molecule has 0 bridgehead atoms. The third kappa shape index (κ3) is 22.1. The molecule has 0 aliphatic heterocycles. The van der Waals surface area contributed by atoms with E-state index in [9.17, 15) is 0 Å². The van der Waals surface area contributed by atoms with Crippen molar-refractivity contribution in [2.45, 2.75) is 27.7 Å². The first kappa shape index (κ1) is 22.6. The maximum atomic E-state index is 9.17. The Morgan fingerprint density at radius 3 is 1.41 bits per heavy atom. The van der Waals surface area contributed by atoms with E-state index in [-0.39, 0.29) is 34.7 Å². The Labute approximate surface area is 137 Å². The van der Waals surface area contributed by atoms with E-state index in [1.165, 1.54) is 0 Å². The second-order valence-electron chi connectivity index (χ2n) is 4.31. The summed E-state index contributed by atoms with van der Waals surface area (Å²) in [4.78, 5) is 1.85. The van der Waals surface area contributed by atoms with Gasteiger partial charge in [0.1, 0.15) is 0 Å². The minimum atomic E-state index is -0.500. The number of aliphatic hydroxyl groups is 2. The zero-order chi connectivity index (χ0) is 13.3. The van der Waals surface area contributed by atoms with Crippen molar-refractivity contribution in [3.63, 3.8) is 0 Å². The first-order valence-electron chi connectivity index (χ1n) is 5.13. The van der Waals surface area contributed by atoms with Gasteiger partial charge in [-0.25, -0.2) is 0 Å². The number of nitrogens with two attached hydrogens (primary N) is 1. The first-order chi connectivity index (χ1) is 7.16. The van der Waals surface area contributed by atoms with Crippen LogP contribution in [-0.4, -0.2) is 68.1 Å². The zero-order valence-electron chi connectivity index (χ0n) is 10.3. The van der Waals surface area contributed by atoms with E-state index in [0.29, 0.717) is 11.8 Å².